The second-order valence-corrected chi connectivity index (χ2v) is 11.1. The Morgan fingerprint density at radius 3 is 2.47 bits per heavy atom. The van der Waals surface area contributed by atoms with Crippen LogP contribution < -0.4 is 11.1 Å². The molecule has 0 radical (unpaired) electrons. The van der Waals surface area contributed by atoms with Crippen molar-refractivity contribution < 1.29 is 17.6 Å². The van der Waals surface area contributed by atoms with Gasteiger partial charge in [-0.05, 0) is 50.7 Å². The molecule has 2 heterocycles. The fourth-order valence-corrected chi connectivity index (χ4v) is 5.65. The van der Waals surface area contributed by atoms with Crippen molar-refractivity contribution in [1.82, 2.24) is 14.2 Å². The van der Waals surface area contributed by atoms with Crippen molar-refractivity contribution in [2.45, 2.75) is 64.4 Å². The van der Waals surface area contributed by atoms with Crippen LogP contribution in [0, 0.1) is 11.8 Å². The highest BCUT2D eigenvalue weighted by Gasteiger charge is 2.32. The number of sulfonamides is 1. The third kappa shape index (κ3) is 4.62. The van der Waals surface area contributed by atoms with Gasteiger partial charge in [0.05, 0.1) is 10.4 Å². The SMILES string of the molecule is CCC(C)(C)NC(=O)Cn1c(=O)oc2cc(S(=O)(=O)N3C[C@@H](C)C[C@H](C)C3)ccc21. The number of fused-ring (bicyclic) bond motifs is 1. The lowest BCUT2D eigenvalue weighted by Crippen LogP contribution is -2.44. The fourth-order valence-electron chi connectivity index (χ4n) is 3.96. The summed E-state index contributed by atoms with van der Waals surface area (Å²) < 4.78 is 34.2. The molecule has 0 unspecified atom stereocenters. The minimum Gasteiger partial charge on any atom is -0.408 e. The first-order valence-electron chi connectivity index (χ1n) is 10.4. The van der Waals surface area contributed by atoms with E-state index < -0.39 is 15.8 Å². The second kappa shape index (κ2) is 8.19. The minimum absolute atomic E-state index is 0.0915. The molecule has 1 N–H and O–H groups in total. The maximum Gasteiger partial charge on any atom is 0.420 e. The van der Waals surface area contributed by atoms with Crippen molar-refractivity contribution in [2.75, 3.05) is 13.1 Å². The van der Waals surface area contributed by atoms with E-state index in [1.165, 1.54) is 27.1 Å². The molecule has 9 heteroatoms. The van der Waals surface area contributed by atoms with Crippen molar-refractivity contribution >= 4 is 27.0 Å². The summed E-state index contributed by atoms with van der Waals surface area (Å²) in [6.45, 7) is 10.6. The standard InChI is InChI=1S/C21H31N3O5S/c1-6-21(4,5)22-19(25)13-24-17-8-7-16(10-18(17)29-20(24)26)30(27,28)23-11-14(2)9-15(3)12-23/h7-8,10,14-15H,6,9,11-13H2,1-5H3,(H,22,25)/t14-,15-/m0/s1. The van der Waals surface area contributed by atoms with Crippen LogP contribution in [0.5, 0.6) is 0 Å². The van der Waals surface area contributed by atoms with Gasteiger partial charge in [-0.3, -0.25) is 9.36 Å². The molecule has 8 nitrogen and oxygen atoms in total. The van der Waals surface area contributed by atoms with Crippen LogP contribution in [0.4, 0.5) is 0 Å². The summed E-state index contributed by atoms with van der Waals surface area (Å²) in [5.41, 5.74) is 0.162. The first-order valence-corrected chi connectivity index (χ1v) is 11.8. The largest absolute Gasteiger partial charge is 0.420 e. The van der Waals surface area contributed by atoms with Gasteiger partial charge in [0.1, 0.15) is 6.54 Å². The summed E-state index contributed by atoms with van der Waals surface area (Å²) in [6.07, 6.45) is 1.74. The molecule has 0 bridgehead atoms. The van der Waals surface area contributed by atoms with Crippen LogP contribution in [0.25, 0.3) is 11.1 Å². The summed E-state index contributed by atoms with van der Waals surface area (Å²) in [6, 6.07) is 4.38. The van der Waals surface area contributed by atoms with Crippen molar-refractivity contribution in [3.05, 3.63) is 28.7 Å². The van der Waals surface area contributed by atoms with Gasteiger partial charge >= 0.3 is 5.76 Å². The second-order valence-electron chi connectivity index (χ2n) is 9.14. The Bertz CT molecular complexity index is 1090. The molecular formula is C21H31N3O5S. The number of hydrogen-bond donors (Lipinski definition) is 1. The molecular weight excluding hydrogens is 406 g/mol. The number of nitrogens with zero attached hydrogens (tertiary/aromatic N) is 2. The molecule has 1 aliphatic heterocycles. The van der Waals surface area contributed by atoms with E-state index in [0.717, 1.165) is 12.8 Å². The van der Waals surface area contributed by atoms with Gasteiger partial charge in [-0.25, -0.2) is 13.2 Å². The number of carbonyl (C=O) groups is 1. The molecule has 1 fully saturated rings. The van der Waals surface area contributed by atoms with Gasteiger partial charge in [-0.15, -0.1) is 0 Å². The Hall–Kier alpha value is -2.13. The molecule has 0 aliphatic carbocycles. The number of hydrogen-bond acceptors (Lipinski definition) is 5. The quantitative estimate of drug-likeness (QED) is 0.748. The van der Waals surface area contributed by atoms with E-state index in [9.17, 15) is 18.0 Å². The van der Waals surface area contributed by atoms with Crippen LogP contribution in [-0.4, -0.2) is 41.8 Å². The molecule has 0 saturated carbocycles. The molecule has 2 aromatic rings. The van der Waals surface area contributed by atoms with Crippen molar-refractivity contribution in [3.63, 3.8) is 0 Å². The van der Waals surface area contributed by atoms with Crippen LogP contribution in [0.2, 0.25) is 0 Å². The number of rotatable bonds is 6. The van der Waals surface area contributed by atoms with E-state index in [1.54, 1.807) is 0 Å². The van der Waals surface area contributed by atoms with Gasteiger partial charge in [-0.1, -0.05) is 20.8 Å². The summed E-state index contributed by atoms with van der Waals surface area (Å²) in [4.78, 5) is 24.8. The molecule has 1 amide bonds. The topological polar surface area (TPSA) is 102 Å². The van der Waals surface area contributed by atoms with Gasteiger partial charge in [0.25, 0.3) is 0 Å². The fraction of sp³-hybridized carbons (Fsp3) is 0.619. The highest BCUT2D eigenvalue weighted by molar-refractivity contribution is 7.89. The monoisotopic (exact) mass is 437 g/mol. The number of benzene rings is 1. The predicted molar refractivity (Wildman–Crippen MR) is 115 cm³/mol. The Kier molecular flexibility index (Phi) is 6.15. The number of aromatic nitrogens is 1. The zero-order valence-electron chi connectivity index (χ0n) is 18.3. The molecule has 1 saturated heterocycles. The van der Waals surface area contributed by atoms with E-state index in [2.05, 4.69) is 5.32 Å². The van der Waals surface area contributed by atoms with Crippen LogP contribution >= 0.6 is 0 Å². The van der Waals surface area contributed by atoms with E-state index in [1.807, 2.05) is 34.6 Å². The number of amides is 1. The Morgan fingerprint density at radius 2 is 1.87 bits per heavy atom. The third-order valence-electron chi connectivity index (χ3n) is 5.78. The van der Waals surface area contributed by atoms with Gasteiger partial charge in [0.15, 0.2) is 5.58 Å². The maximum atomic E-state index is 13.1. The Balaban J connectivity index is 1.89. The molecule has 166 valence electrons. The predicted octanol–water partition coefficient (Wildman–Crippen LogP) is 2.57. The zero-order chi connectivity index (χ0) is 22.3. The molecule has 0 spiro atoms. The lowest BCUT2D eigenvalue weighted by molar-refractivity contribution is -0.123. The normalized spacial score (nSPS) is 21.1. The number of piperidine rings is 1. The molecule has 1 aliphatic rings. The lowest BCUT2D eigenvalue weighted by Gasteiger charge is -2.34. The Labute approximate surface area is 177 Å². The minimum atomic E-state index is -3.69. The highest BCUT2D eigenvalue weighted by Crippen LogP contribution is 2.28. The average Bonchev–Trinajstić information content (AvgIpc) is 2.95. The third-order valence-corrected chi connectivity index (χ3v) is 7.60. The number of carbonyl (C=O) groups excluding carboxylic acids is 1. The summed E-state index contributed by atoms with van der Waals surface area (Å²) >= 11 is 0. The maximum absolute atomic E-state index is 13.1. The van der Waals surface area contributed by atoms with Gasteiger partial charge in [0.2, 0.25) is 15.9 Å². The van der Waals surface area contributed by atoms with Crippen molar-refractivity contribution in [1.29, 1.82) is 0 Å². The van der Waals surface area contributed by atoms with Crippen molar-refractivity contribution in [2.24, 2.45) is 11.8 Å². The molecule has 3 rings (SSSR count). The van der Waals surface area contributed by atoms with Crippen LogP contribution in [-0.2, 0) is 21.4 Å². The summed E-state index contributed by atoms with van der Waals surface area (Å²) in [5, 5.41) is 2.88. The van der Waals surface area contributed by atoms with E-state index in [-0.39, 0.29) is 40.3 Å². The van der Waals surface area contributed by atoms with Crippen LogP contribution in [0.3, 0.4) is 0 Å². The number of nitrogens with one attached hydrogen (secondary N) is 1. The smallest absolute Gasteiger partial charge is 0.408 e. The van der Waals surface area contributed by atoms with Gasteiger partial charge in [0, 0.05) is 24.7 Å². The first kappa shape index (κ1) is 22.6. The van der Waals surface area contributed by atoms with Crippen molar-refractivity contribution in [3.8, 4) is 0 Å². The summed E-state index contributed by atoms with van der Waals surface area (Å²) in [7, 11) is -3.69. The average molecular weight is 438 g/mol. The van der Waals surface area contributed by atoms with Crippen LogP contribution in [0.1, 0.15) is 47.5 Å². The zero-order valence-corrected chi connectivity index (χ0v) is 19.1. The first-order chi connectivity index (χ1) is 13.9. The van der Waals surface area contributed by atoms with E-state index >= 15 is 0 Å². The van der Waals surface area contributed by atoms with E-state index in [0.29, 0.717) is 18.6 Å². The summed E-state index contributed by atoms with van der Waals surface area (Å²) in [5.74, 6) is -0.418. The molecule has 2 atom stereocenters. The van der Waals surface area contributed by atoms with Crippen LogP contribution in [0.15, 0.2) is 32.3 Å². The molecule has 1 aromatic carbocycles. The van der Waals surface area contributed by atoms with Gasteiger partial charge < -0.3 is 9.73 Å². The highest BCUT2D eigenvalue weighted by atomic mass is 32.2. The Morgan fingerprint density at radius 1 is 1.23 bits per heavy atom. The van der Waals surface area contributed by atoms with Gasteiger partial charge in [-0.2, -0.15) is 4.31 Å². The number of oxazole rings is 1. The molecule has 1 aromatic heterocycles. The molecule has 30 heavy (non-hydrogen) atoms. The lowest BCUT2D eigenvalue weighted by atomic mass is 9.94. The van der Waals surface area contributed by atoms with E-state index in [4.69, 9.17) is 4.42 Å².